The highest BCUT2D eigenvalue weighted by molar-refractivity contribution is 7.12. The molecule has 0 radical (unpaired) electrons. The Morgan fingerprint density at radius 1 is 1.17 bits per heavy atom. The van der Waals surface area contributed by atoms with Gasteiger partial charge in [0.25, 0.3) is 0 Å². The molecule has 6 nitrogen and oxygen atoms in total. The van der Waals surface area contributed by atoms with Gasteiger partial charge in [0.2, 0.25) is 11.7 Å². The molecule has 144 valence electrons. The molecule has 1 aliphatic rings. The van der Waals surface area contributed by atoms with Crippen molar-refractivity contribution in [3.05, 3.63) is 70.7 Å². The number of amides is 1. The maximum Gasteiger partial charge on any atom is 0.229 e. The van der Waals surface area contributed by atoms with Crippen LogP contribution < -0.4 is 4.90 Å². The molecular weight excluding hydrogens is 384 g/mol. The van der Waals surface area contributed by atoms with Gasteiger partial charge in [-0.1, -0.05) is 18.2 Å². The summed E-state index contributed by atoms with van der Waals surface area (Å²) >= 11 is 1.40. The van der Waals surface area contributed by atoms with E-state index in [1.165, 1.54) is 11.3 Å². The van der Waals surface area contributed by atoms with E-state index in [9.17, 15) is 9.59 Å². The monoisotopic (exact) mass is 402 g/mol. The van der Waals surface area contributed by atoms with Crippen molar-refractivity contribution < 1.29 is 9.59 Å². The zero-order valence-corrected chi connectivity index (χ0v) is 16.6. The largest absolute Gasteiger partial charge is 0.315 e. The second-order valence-corrected chi connectivity index (χ2v) is 8.10. The highest BCUT2D eigenvalue weighted by atomic mass is 32.1. The summed E-state index contributed by atoms with van der Waals surface area (Å²) in [6.07, 6.45) is 5.20. The molecule has 1 saturated carbocycles. The van der Waals surface area contributed by atoms with E-state index in [1.54, 1.807) is 27.9 Å². The molecule has 1 amide bonds. The molecule has 7 heteroatoms. The number of benzene rings is 1. The Balaban J connectivity index is 1.55. The maximum absolute atomic E-state index is 12.8. The van der Waals surface area contributed by atoms with Gasteiger partial charge in [0.15, 0.2) is 5.65 Å². The summed E-state index contributed by atoms with van der Waals surface area (Å²) in [6, 6.07) is 13.3. The van der Waals surface area contributed by atoms with Crippen molar-refractivity contribution >= 4 is 34.4 Å². The Morgan fingerprint density at radius 2 is 2.03 bits per heavy atom. The Kier molecular flexibility index (Phi) is 4.24. The van der Waals surface area contributed by atoms with Crippen molar-refractivity contribution in [2.24, 2.45) is 5.92 Å². The van der Waals surface area contributed by atoms with Crippen LogP contribution in [0.4, 0.5) is 5.69 Å². The zero-order valence-electron chi connectivity index (χ0n) is 15.8. The smallest absolute Gasteiger partial charge is 0.229 e. The fourth-order valence-corrected chi connectivity index (χ4v) is 4.09. The number of nitrogens with zero attached hydrogens (tertiary/aromatic N) is 4. The Bertz CT molecular complexity index is 1220. The third kappa shape index (κ3) is 3.13. The van der Waals surface area contributed by atoms with Crippen LogP contribution in [0.1, 0.15) is 28.1 Å². The van der Waals surface area contributed by atoms with Gasteiger partial charge >= 0.3 is 0 Å². The molecule has 3 aromatic heterocycles. The van der Waals surface area contributed by atoms with Crippen molar-refractivity contribution in [3.8, 4) is 11.3 Å². The lowest BCUT2D eigenvalue weighted by Crippen LogP contribution is -2.27. The minimum atomic E-state index is -0.0804. The molecule has 0 unspecified atom stereocenters. The molecule has 0 saturated heterocycles. The summed E-state index contributed by atoms with van der Waals surface area (Å²) in [4.78, 5) is 32.0. The lowest BCUT2D eigenvalue weighted by atomic mass is 10.1. The molecule has 0 spiro atoms. The van der Waals surface area contributed by atoms with Crippen LogP contribution in [-0.2, 0) is 4.79 Å². The number of rotatable bonds is 5. The van der Waals surface area contributed by atoms with Crippen molar-refractivity contribution in [1.82, 2.24) is 14.6 Å². The van der Waals surface area contributed by atoms with Crippen LogP contribution in [0, 0.1) is 5.92 Å². The first-order chi connectivity index (χ1) is 14.1. The van der Waals surface area contributed by atoms with Gasteiger partial charge in [-0.15, -0.1) is 11.3 Å². The van der Waals surface area contributed by atoms with E-state index in [4.69, 9.17) is 0 Å². The third-order valence-electron chi connectivity index (χ3n) is 5.18. The van der Waals surface area contributed by atoms with Gasteiger partial charge in [0.05, 0.1) is 22.3 Å². The first kappa shape index (κ1) is 17.8. The van der Waals surface area contributed by atoms with Gasteiger partial charge in [0.1, 0.15) is 0 Å². The van der Waals surface area contributed by atoms with Gasteiger partial charge in [-0.25, -0.2) is 9.50 Å². The van der Waals surface area contributed by atoms with E-state index in [2.05, 4.69) is 10.1 Å². The van der Waals surface area contributed by atoms with Crippen molar-refractivity contribution in [2.75, 3.05) is 11.9 Å². The quantitative estimate of drug-likeness (QED) is 0.472. The van der Waals surface area contributed by atoms with Gasteiger partial charge in [0, 0.05) is 30.4 Å². The van der Waals surface area contributed by atoms with Gasteiger partial charge in [-0.05, 0) is 42.5 Å². The van der Waals surface area contributed by atoms with Gasteiger partial charge < -0.3 is 4.90 Å². The predicted molar refractivity (Wildman–Crippen MR) is 112 cm³/mol. The highest BCUT2D eigenvalue weighted by Gasteiger charge is 2.32. The van der Waals surface area contributed by atoms with E-state index in [1.807, 2.05) is 48.8 Å². The van der Waals surface area contributed by atoms with Crippen LogP contribution in [0.25, 0.3) is 16.9 Å². The van der Waals surface area contributed by atoms with E-state index in [0.717, 1.165) is 29.8 Å². The predicted octanol–water partition coefficient (Wildman–Crippen LogP) is 4.06. The van der Waals surface area contributed by atoms with E-state index in [-0.39, 0.29) is 17.6 Å². The fraction of sp³-hybridized carbons (Fsp3) is 0.182. The Labute approximate surface area is 171 Å². The van der Waals surface area contributed by atoms with Gasteiger partial charge in [-0.3, -0.25) is 9.59 Å². The van der Waals surface area contributed by atoms with Crippen LogP contribution >= 0.6 is 11.3 Å². The highest BCUT2D eigenvalue weighted by Crippen LogP contribution is 2.33. The molecule has 0 aliphatic heterocycles. The zero-order chi connectivity index (χ0) is 20.0. The number of hydrogen-bond acceptors (Lipinski definition) is 5. The van der Waals surface area contributed by atoms with Crippen LogP contribution in [0.5, 0.6) is 0 Å². The molecule has 29 heavy (non-hydrogen) atoms. The van der Waals surface area contributed by atoms with Crippen LogP contribution in [0.3, 0.4) is 0 Å². The fourth-order valence-electron chi connectivity index (χ4n) is 3.42. The van der Waals surface area contributed by atoms with Crippen LogP contribution in [-0.4, -0.2) is 33.3 Å². The summed E-state index contributed by atoms with van der Waals surface area (Å²) in [5, 5.41) is 6.31. The molecule has 0 N–H and O–H groups in total. The minimum Gasteiger partial charge on any atom is -0.315 e. The van der Waals surface area contributed by atoms with Gasteiger partial charge in [-0.2, -0.15) is 5.10 Å². The number of anilines is 1. The average Bonchev–Trinajstić information content (AvgIpc) is 3.28. The van der Waals surface area contributed by atoms with Crippen molar-refractivity contribution in [1.29, 1.82) is 0 Å². The lowest BCUT2D eigenvalue weighted by molar-refractivity contribution is -0.119. The standard InChI is InChI=1S/C22H18N4O2S/c1-25(22(28)14-7-8-14)16-5-2-4-15(12-16)18-9-10-23-21-17(13-24-26(18)21)20(27)19-6-3-11-29-19/h2-6,9-14H,7-8H2,1H3. The number of hydrogen-bond donors (Lipinski definition) is 0. The lowest BCUT2D eigenvalue weighted by Gasteiger charge is -2.18. The molecule has 0 atom stereocenters. The molecule has 1 fully saturated rings. The third-order valence-corrected chi connectivity index (χ3v) is 6.05. The molecule has 5 rings (SSSR count). The number of carbonyl (C=O) groups excluding carboxylic acids is 2. The Morgan fingerprint density at radius 3 is 2.79 bits per heavy atom. The second kappa shape index (κ2) is 6.93. The SMILES string of the molecule is CN(C(=O)C1CC1)c1cccc(-c2ccnc3c(C(=O)c4cccs4)cnn23)c1. The van der Waals surface area contributed by atoms with Crippen molar-refractivity contribution in [2.45, 2.75) is 12.8 Å². The number of carbonyl (C=O) groups is 2. The summed E-state index contributed by atoms with van der Waals surface area (Å²) in [5.41, 5.74) is 3.56. The number of aromatic nitrogens is 3. The van der Waals surface area contributed by atoms with E-state index < -0.39 is 0 Å². The average molecular weight is 402 g/mol. The first-order valence-corrected chi connectivity index (χ1v) is 10.3. The van der Waals surface area contributed by atoms with Crippen LogP contribution in [0.15, 0.2) is 60.2 Å². The first-order valence-electron chi connectivity index (χ1n) is 9.42. The summed E-state index contributed by atoms with van der Waals surface area (Å²) in [7, 11) is 1.81. The second-order valence-electron chi connectivity index (χ2n) is 7.15. The normalized spacial score (nSPS) is 13.6. The van der Waals surface area contributed by atoms with E-state index in [0.29, 0.717) is 16.1 Å². The number of thiophene rings is 1. The molecule has 1 aromatic carbocycles. The molecule has 1 aliphatic carbocycles. The van der Waals surface area contributed by atoms with Crippen LogP contribution in [0.2, 0.25) is 0 Å². The molecule has 4 aromatic rings. The number of fused-ring (bicyclic) bond motifs is 1. The summed E-state index contributed by atoms with van der Waals surface area (Å²) in [6.45, 7) is 0. The summed E-state index contributed by atoms with van der Waals surface area (Å²) in [5.74, 6) is 0.237. The molecular formula is C22H18N4O2S. The molecule has 3 heterocycles. The maximum atomic E-state index is 12.8. The number of ketones is 1. The van der Waals surface area contributed by atoms with Crippen molar-refractivity contribution in [3.63, 3.8) is 0 Å². The minimum absolute atomic E-state index is 0.0804. The topological polar surface area (TPSA) is 67.6 Å². The van der Waals surface area contributed by atoms with E-state index >= 15 is 0 Å². The summed E-state index contributed by atoms with van der Waals surface area (Å²) < 4.78 is 1.68. The Hall–Kier alpha value is -3.32. The molecule has 0 bridgehead atoms.